The van der Waals surface area contributed by atoms with E-state index in [1.54, 1.807) is 41.1 Å². The summed E-state index contributed by atoms with van der Waals surface area (Å²) in [5.74, 6) is -0.234. The summed E-state index contributed by atoms with van der Waals surface area (Å²) >= 11 is 0. The largest absolute Gasteiger partial charge is 0.416 e. The van der Waals surface area contributed by atoms with Crippen molar-refractivity contribution >= 4 is 23.0 Å². The van der Waals surface area contributed by atoms with E-state index in [1.165, 1.54) is 6.07 Å². The van der Waals surface area contributed by atoms with Crippen LogP contribution >= 0.6 is 0 Å². The number of amides is 1. The Hall–Kier alpha value is -3.32. The number of halogens is 3. The van der Waals surface area contributed by atoms with E-state index in [0.717, 1.165) is 17.7 Å². The van der Waals surface area contributed by atoms with Gasteiger partial charge in [0.1, 0.15) is 0 Å². The normalized spacial score (nSPS) is 13.6. The van der Waals surface area contributed by atoms with Crippen molar-refractivity contribution < 1.29 is 18.0 Å². The fraction of sp³-hybridized carbons (Fsp3) is 0.208. The van der Waals surface area contributed by atoms with Crippen LogP contribution in [-0.2, 0) is 12.7 Å². The first-order chi connectivity index (χ1) is 14.9. The molecule has 160 valence electrons. The summed E-state index contributed by atoms with van der Waals surface area (Å²) in [5, 5.41) is 3.30. The zero-order valence-electron chi connectivity index (χ0n) is 17.0. The minimum Gasteiger partial charge on any atom is -0.342 e. The van der Waals surface area contributed by atoms with Gasteiger partial charge >= 0.3 is 6.18 Å². The molecule has 0 radical (unpaired) electrons. The Labute approximate surface area is 178 Å². The summed E-state index contributed by atoms with van der Waals surface area (Å²) in [5.41, 5.74) is 2.21. The number of anilines is 3. The Kier molecular flexibility index (Phi) is 5.69. The molecule has 1 heterocycles. The lowest BCUT2D eigenvalue weighted by Crippen LogP contribution is -2.36. The van der Waals surface area contributed by atoms with Crippen LogP contribution in [0, 0.1) is 0 Å². The third-order valence-electron chi connectivity index (χ3n) is 5.38. The molecule has 31 heavy (non-hydrogen) atoms. The second kappa shape index (κ2) is 8.43. The molecule has 1 N–H and O–H groups in total. The average molecular weight is 425 g/mol. The molecular formula is C24H22F3N3O. The van der Waals surface area contributed by atoms with Gasteiger partial charge in [-0.1, -0.05) is 42.5 Å². The first-order valence-electron chi connectivity index (χ1n) is 9.97. The van der Waals surface area contributed by atoms with Gasteiger partial charge in [0.25, 0.3) is 5.91 Å². The quantitative estimate of drug-likeness (QED) is 0.569. The number of para-hydroxylation sites is 1. The Balaban J connectivity index is 1.65. The van der Waals surface area contributed by atoms with Gasteiger partial charge in [-0.2, -0.15) is 13.2 Å². The highest BCUT2D eigenvalue weighted by Gasteiger charge is 2.34. The summed E-state index contributed by atoms with van der Waals surface area (Å²) in [4.78, 5) is 16.5. The van der Waals surface area contributed by atoms with Crippen LogP contribution in [0.2, 0.25) is 0 Å². The van der Waals surface area contributed by atoms with Crippen LogP contribution in [0.5, 0.6) is 0 Å². The molecule has 0 spiro atoms. The molecule has 0 saturated heterocycles. The zero-order chi connectivity index (χ0) is 22.0. The number of hydrogen-bond acceptors (Lipinski definition) is 3. The smallest absolute Gasteiger partial charge is 0.342 e. The molecule has 3 aromatic rings. The lowest BCUT2D eigenvalue weighted by molar-refractivity contribution is -0.137. The number of fused-ring (bicyclic) bond motifs is 2. The van der Waals surface area contributed by atoms with Crippen molar-refractivity contribution in [2.45, 2.75) is 12.7 Å². The van der Waals surface area contributed by atoms with Crippen molar-refractivity contribution in [1.29, 1.82) is 0 Å². The SMILES string of the molecule is CN1c2ccccc2C(=O)N(CCNCc2ccccc2)c2ccc(C(F)(F)F)cc21. The number of alkyl halides is 3. The third kappa shape index (κ3) is 4.27. The van der Waals surface area contributed by atoms with Crippen LogP contribution in [0.15, 0.2) is 72.8 Å². The third-order valence-corrected chi connectivity index (χ3v) is 5.38. The Morgan fingerprint density at radius 3 is 2.32 bits per heavy atom. The van der Waals surface area contributed by atoms with E-state index in [4.69, 9.17) is 0 Å². The highest BCUT2D eigenvalue weighted by atomic mass is 19.4. The van der Waals surface area contributed by atoms with Gasteiger partial charge in [0, 0.05) is 26.7 Å². The Morgan fingerprint density at radius 1 is 0.871 bits per heavy atom. The summed E-state index contributed by atoms with van der Waals surface area (Å²) in [6.45, 7) is 1.46. The molecule has 0 aromatic heterocycles. The van der Waals surface area contributed by atoms with Crippen molar-refractivity contribution in [2.24, 2.45) is 0 Å². The van der Waals surface area contributed by atoms with Crippen molar-refractivity contribution in [3.8, 4) is 0 Å². The standard InChI is InChI=1S/C24H22F3N3O/c1-29-20-10-6-5-9-19(20)23(31)30(14-13-28-16-17-7-3-2-4-8-17)21-12-11-18(15-22(21)29)24(25,26)27/h2-12,15,28H,13-14,16H2,1H3. The highest BCUT2D eigenvalue weighted by molar-refractivity contribution is 6.13. The average Bonchev–Trinajstić information content (AvgIpc) is 2.86. The fourth-order valence-electron chi connectivity index (χ4n) is 3.77. The molecule has 0 fully saturated rings. The monoisotopic (exact) mass is 425 g/mol. The highest BCUT2D eigenvalue weighted by Crippen LogP contribution is 2.42. The molecule has 0 atom stereocenters. The van der Waals surface area contributed by atoms with Gasteiger partial charge in [-0.25, -0.2) is 0 Å². The number of carbonyl (C=O) groups excluding carboxylic acids is 1. The number of benzene rings is 3. The van der Waals surface area contributed by atoms with Gasteiger partial charge in [0.15, 0.2) is 0 Å². The molecule has 3 aromatic carbocycles. The van der Waals surface area contributed by atoms with Gasteiger partial charge in [0.2, 0.25) is 0 Å². The second-order valence-corrected chi connectivity index (χ2v) is 7.40. The number of nitrogens with zero attached hydrogens (tertiary/aromatic N) is 2. The predicted molar refractivity (Wildman–Crippen MR) is 116 cm³/mol. The van der Waals surface area contributed by atoms with Crippen LogP contribution in [0.1, 0.15) is 21.5 Å². The molecule has 1 aliphatic rings. The fourth-order valence-corrected chi connectivity index (χ4v) is 3.77. The van der Waals surface area contributed by atoms with E-state index in [2.05, 4.69) is 5.32 Å². The minimum absolute atomic E-state index is 0.234. The van der Waals surface area contributed by atoms with Gasteiger partial charge in [-0.15, -0.1) is 0 Å². The summed E-state index contributed by atoms with van der Waals surface area (Å²) in [6, 6.07) is 20.4. The van der Waals surface area contributed by atoms with Crippen LogP contribution in [-0.4, -0.2) is 26.0 Å². The zero-order valence-corrected chi connectivity index (χ0v) is 17.0. The Morgan fingerprint density at radius 2 is 1.58 bits per heavy atom. The van der Waals surface area contributed by atoms with Crippen molar-refractivity contribution in [2.75, 3.05) is 29.9 Å². The summed E-state index contributed by atoms with van der Waals surface area (Å²) in [7, 11) is 1.68. The second-order valence-electron chi connectivity index (χ2n) is 7.40. The molecule has 0 aliphatic carbocycles. The first kappa shape index (κ1) is 20.9. The minimum atomic E-state index is -4.46. The maximum absolute atomic E-state index is 13.4. The van der Waals surface area contributed by atoms with E-state index in [9.17, 15) is 18.0 Å². The van der Waals surface area contributed by atoms with Gasteiger partial charge in [0.05, 0.1) is 28.2 Å². The number of carbonyl (C=O) groups is 1. The molecule has 4 nitrogen and oxygen atoms in total. The van der Waals surface area contributed by atoms with Crippen molar-refractivity contribution in [3.63, 3.8) is 0 Å². The molecule has 1 amide bonds. The molecule has 1 aliphatic heterocycles. The van der Waals surface area contributed by atoms with Gasteiger partial charge in [-0.3, -0.25) is 4.79 Å². The molecule has 0 unspecified atom stereocenters. The van der Waals surface area contributed by atoms with E-state index in [0.29, 0.717) is 42.3 Å². The van der Waals surface area contributed by atoms with E-state index >= 15 is 0 Å². The van der Waals surface area contributed by atoms with Crippen LogP contribution < -0.4 is 15.1 Å². The Bertz CT molecular complexity index is 1080. The molecule has 0 saturated carbocycles. The van der Waals surface area contributed by atoms with Crippen LogP contribution in [0.25, 0.3) is 0 Å². The first-order valence-corrected chi connectivity index (χ1v) is 9.97. The molecule has 4 rings (SSSR count). The number of nitrogens with one attached hydrogen (secondary N) is 1. The van der Waals surface area contributed by atoms with E-state index in [-0.39, 0.29) is 5.91 Å². The molecule has 7 heteroatoms. The summed E-state index contributed by atoms with van der Waals surface area (Å²) < 4.78 is 40.1. The van der Waals surface area contributed by atoms with Crippen molar-refractivity contribution in [3.05, 3.63) is 89.5 Å². The molecule has 0 bridgehead atoms. The van der Waals surface area contributed by atoms with Crippen LogP contribution in [0.3, 0.4) is 0 Å². The van der Waals surface area contributed by atoms with Gasteiger partial charge < -0.3 is 15.1 Å². The number of rotatable bonds is 5. The topological polar surface area (TPSA) is 35.6 Å². The lowest BCUT2D eigenvalue weighted by Gasteiger charge is -2.26. The molecular weight excluding hydrogens is 403 g/mol. The predicted octanol–water partition coefficient (Wildman–Crippen LogP) is 5.22. The van der Waals surface area contributed by atoms with Crippen molar-refractivity contribution in [1.82, 2.24) is 5.32 Å². The van der Waals surface area contributed by atoms with E-state index < -0.39 is 11.7 Å². The van der Waals surface area contributed by atoms with Crippen LogP contribution in [0.4, 0.5) is 30.2 Å². The number of hydrogen-bond donors (Lipinski definition) is 1. The maximum Gasteiger partial charge on any atom is 0.416 e. The maximum atomic E-state index is 13.4. The van der Waals surface area contributed by atoms with E-state index in [1.807, 2.05) is 30.3 Å². The van der Waals surface area contributed by atoms with Gasteiger partial charge in [-0.05, 0) is 35.9 Å². The lowest BCUT2D eigenvalue weighted by atomic mass is 10.1. The summed E-state index contributed by atoms with van der Waals surface area (Å²) in [6.07, 6.45) is -4.46.